The Hall–Kier alpha value is -5.34. The lowest BCUT2D eigenvalue weighted by molar-refractivity contribution is -0.384. The Balaban J connectivity index is 1.54. The molecule has 0 unspecified atom stereocenters. The number of nitro groups is 1. The number of Topliss-reactive ketones (excluding diaryl/α,β-unsaturated/α-hetero) is 1. The molecule has 0 saturated carbocycles. The molecule has 0 saturated heterocycles. The van der Waals surface area contributed by atoms with E-state index in [1.807, 2.05) is 6.07 Å². The number of carbonyl (C=O) groups excluding carboxylic acids is 2. The summed E-state index contributed by atoms with van der Waals surface area (Å²) in [5, 5.41) is 26.2. The third-order valence-corrected chi connectivity index (χ3v) is 5.35. The van der Waals surface area contributed by atoms with Crippen LogP contribution in [0.4, 0.5) is 23.0 Å². The summed E-state index contributed by atoms with van der Waals surface area (Å²) >= 11 is 5.89. The lowest BCUT2D eigenvalue weighted by Crippen LogP contribution is -2.22. The lowest BCUT2D eigenvalue weighted by atomic mass is 10.1. The van der Waals surface area contributed by atoms with E-state index in [1.165, 1.54) is 36.4 Å². The van der Waals surface area contributed by atoms with E-state index in [0.29, 0.717) is 16.3 Å². The van der Waals surface area contributed by atoms with Gasteiger partial charge in [0.25, 0.3) is 22.9 Å². The summed E-state index contributed by atoms with van der Waals surface area (Å²) in [7, 11) is 0. The highest BCUT2D eigenvalue weighted by molar-refractivity contribution is 6.46. The quantitative estimate of drug-likeness (QED) is 0.140. The number of non-ortho nitro benzene ring substituents is 1. The van der Waals surface area contributed by atoms with E-state index in [0.717, 1.165) is 12.1 Å². The Morgan fingerprint density at radius 3 is 2.19 bits per heavy atom. The van der Waals surface area contributed by atoms with Gasteiger partial charge in [0.1, 0.15) is 11.6 Å². The van der Waals surface area contributed by atoms with Gasteiger partial charge >= 0.3 is 0 Å². The molecule has 37 heavy (non-hydrogen) atoms. The number of hydrogen-bond acceptors (Lipinski definition) is 8. The normalized spacial score (nSPS) is 10.3. The van der Waals surface area contributed by atoms with Crippen molar-refractivity contribution in [3.63, 3.8) is 0 Å². The smallest absolute Gasteiger partial charge is 0.296 e. The van der Waals surface area contributed by atoms with Crippen LogP contribution in [-0.4, -0.2) is 26.6 Å². The molecule has 4 aromatic rings. The van der Waals surface area contributed by atoms with Gasteiger partial charge in [0.15, 0.2) is 0 Å². The molecule has 1 heterocycles. The van der Waals surface area contributed by atoms with E-state index in [1.54, 1.807) is 24.3 Å². The van der Waals surface area contributed by atoms with Crippen molar-refractivity contribution in [3.8, 4) is 17.3 Å². The Morgan fingerprint density at radius 1 is 0.973 bits per heavy atom. The molecule has 182 valence electrons. The van der Waals surface area contributed by atoms with Gasteiger partial charge in [0, 0.05) is 39.7 Å². The number of nitrogens with zero attached hydrogens (tertiary/aromatic N) is 3. The van der Waals surface area contributed by atoms with Crippen LogP contribution >= 0.6 is 11.6 Å². The van der Waals surface area contributed by atoms with Crippen LogP contribution in [0.3, 0.4) is 0 Å². The number of nitro benzene ring substituents is 1. The molecule has 0 bridgehead atoms. The van der Waals surface area contributed by atoms with Crippen molar-refractivity contribution in [2.24, 2.45) is 0 Å². The van der Waals surface area contributed by atoms with Gasteiger partial charge in [-0.3, -0.25) is 29.5 Å². The SMILES string of the molecule is N#Cc1c(-c2ccc(NC(=O)C(=O)c3ccc([N+](=O)[O-])cc3)cc2)nc(Nc2ccc(Cl)cc2)[nH]c1=O. The summed E-state index contributed by atoms with van der Waals surface area (Å²) in [6.45, 7) is 0. The second kappa shape index (κ2) is 10.5. The third-order valence-electron chi connectivity index (χ3n) is 5.10. The molecule has 0 fully saturated rings. The van der Waals surface area contributed by atoms with E-state index >= 15 is 0 Å². The minimum Gasteiger partial charge on any atom is -0.326 e. The number of ketones is 1. The number of aromatic nitrogens is 2. The molecule has 3 N–H and O–H groups in total. The molecule has 0 spiro atoms. The van der Waals surface area contributed by atoms with Crippen molar-refractivity contribution >= 4 is 46.3 Å². The first kappa shape index (κ1) is 24.8. The predicted molar refractivity (Wildman–Crippen MR) is 136 cm³/mol. The Kier molecular flexibility index (Phi) is 7.04. The van der Waals surface area contributed by atoms with Crippen LogP contribution in [0, 0.1) is 21.4 Å². The summed E-state index contributed by atoms with van der Waals surface area (Å²) in [6, 6.07) is 19.2. The molecule has 1 aromatic heterocycles. The average Bonchev–Trinajstić information content (AvgIpc) is 2.89. The van der Waals surface area contributed by atoms with Crippen molar-refractivity contribution in [2.45, 2.75) is 0 Å². The molecule has 0 aliphatic rings. The topological polar surface area (TPSA) is 171 Å². The van der Waals surface area contributed by atoms with Gasteiger partial charge < -0.3 is 10.6 Å². The second-order valence-electron chi connectivity index (χ2n) is 7.55. The highest BCUT2D eigenvalue weighted by Crippen LogP contribution is 2.24. The molecule has 1 amide bonds. The summed E-state index contributed by atoms with van der Waals surface area (Å²) in [5.41, 5.74) is 0.354. The molecule has 0 aliphatic heterocycles. The fraction of sp³-hybridized carbons (Fsp3) is 0. The van der Waals surface area contributed by atoms with Crippen molar-refractivity contribution in [1.29, 1.82) is 5.26 Å². The van der Waals surface area contributed by atoms with Crippen LogP contribution in [0.2, 0.25) is 5.02 Å². The van der Waals surface area contributed by atoms with Crippen molar-refractivity contribution < 1.29 is 14.5 Å². The maximum atomic E-state index is 12.5. The number of benzene rings is 3. The molecule has 4 rings (SSSR count). The maximum Gasteiger partial charge on any atom is 0.296 e. The minimum atomic E-state index is -0.942. The second-order valence-corrected chi connectivity index (χ2v) is 7.98. The minimum absolute atomic E-state index is 0.00758. The molecule has 11 nitrogen and oxygen atoms in total. The van der Waals surface area contributed by atoms with Gasteiger partial charge in [-0.25, -0.2) is 4.98 Å². The average molecular weight is 515 g/mol. The standard InChI is InChI=1S/C25H15ClN6O5/c26-16-5-9-18(10-6-16)29-25-30-21(20(13-27)23(34)31-25)14-1-7-17(8-2-14)28-24(35)22(33)15-3-11-19(12-4-15)32(36)37/h1-12H,(H,28,35)(H2,29,30,31,34). The number of H-pyrrole nitrogens is 1. The molecule has 3 aromatic carbocycles. The first-order valence-corrected chi connectivity index (χ1v) is 10.9. The van der Waals surface area contributed by atoms with E-state index in [4.69, 9.17) is 11.6 Å². The number of carbonyl (C=O) groups is 2. The number of hydrogen-bond donors (Lipinski definition) is 3. The lowest BCUT2D eigenvalue weighted by Gasteiger charge is -2.10. The van der Waals surface area contributed by atoms with Crippen molar-refractivity contribution in [3.05, 3.63) is 109 Å². The van der Waals surface area contributed by atoms with Crippen LogP contribution in [0.25, 0.3) is 11.3 Å². The molecule has 0 atom stereocenters. The van der Waals surface area contributed by atoms with E-state index in [-0.39, 0.29) is 34.1 Å². The summed E-state index contributed by atoms with van der Waals surface area (Å²) in [4.78, 5) is 54.2. The maximum absolute atomic E-state index is 12.5. The van der Waals surface area contributed by atoms with Gasteiger partial charge in [-0.2, -0.15) is 5.26 Å². The molecule has 0 aliphatic carbocycles. The largest absolute Gasteiger partial charge is 0.326 e. The molecule has 0 radical (unpaired) electrons. The van der Waals surface area contributed by atoms with E-state index in [9.17, 15) is 29.8 Å². The fourth-order valence-electron chi connectivity index (χ4n) is 3.28. The van der Waals surface area contributed by atoms with Crippen LogP contribution in [-0.2, 0) is 4.79 Å². The van der Waals surface area contributed by atoms with Gasteiger partial charge in [-0.1, -0.05) is 23.7 Å². The first-order valence-electron chi connectivity index (χ1n) is 10.5. The monoisotopic (exact) mass is 514 g/mol. The molecular formula is C25H15ClN6O5. The molecule has 12 heteroatoms. The number of rotatable bonds is 7. The highest BCUT2D eigenvalue weighted by atomic mass is 35.5. The fourth-order valence-corrected chi connectivity index (χ4v) is 3.41. The van der Waals surface area contributed by atoms with Gasteiger partial charge in [0.2, 0.25) is 5.95 Å². The summed E-state index contributed by atoms with van der Waals surface area (Å²) < 4.78 is 0. The number of nitriles is 1. The number of aromatic amines is 1. The van der Waals surface area contributed by atoms with Gasteiger partial charge in [-0.15, -0.1) is 0 Å². The zero-order valence-corrected chi connectivity index (χ0v) is 19.4. The third kappa shape index (κ3) is 5.67. The number of anilines is 3. The Labute approximate surface area is 213 Å². The summed E-state index contributed by atoms with van der Waals surface area (Å²) in [6.07, 6.45) is 0. The van der Waals surface area contributed by atoms with Crippen LogP contribution in [0.1, 0.15) is 15.9 Å². The summed E-state index contributed by atoms with van der Waals surface area (Å²) in [5.74, 6) is -1.71. The van der Waals surface area contributed by atoms with Crippen molar-refractivity contribution in [1.82, 2.24) is 9.97 Å². The van der Waals surface area contributed by atoms with E-state index in [2.05, 4.69) is 20.6 Å². The van der Waals surface area contributed by atoms with Crippen LogP contribution in [0.5, 0.6) is 0 Å². The first-order chi connectivity index (χ1) is 17.7. The predicted octanol–water partition coefficient (Wildman–Crippen LogP) is 4.44. The Bertz CT molecular complexity index is 1610. The Morgan fingerprint density at radius 2 is 1.59 bits per heavy atom. The van der Waals surface area contributed by atoms with E-state index < -0.39 is 22.2 Å². The number of nitrogens with one attached hydrogen (secondary N) is 3. The zero-order valence-electron chi connectivity index (χ0n) is 18.7. The van der Waals surface area contributed by atoms with Gasteiger partial charge in [0.05, 0.1) is 10.6 Å². The number of amides is 1. The zero-order chi connectivity index (χ0) is 26.5. The molecular weight excluding hydrogens is 500 g/mol. The number of halogens is 1. The van der Waals surface area contributed by atoms with Crippen LogP contribution < -0.4 is 16.2 Å². The highest BCUT2D eigenvalue weighted by Gasteiger charge is 2.18. The van der Waals surface area contributed by atoms with Crippen molar-refractivity contribution in [2.75, 3.05) is 10.6 Å². The van der Waals surface area contributed by atoms with Crippen LogP contribution in [0.15, 0.2) is 77.6 Å². The van der Waals surface area contributed by atoms with Gasteiger partial charge in [-0.05, 0) is 48.5 Å².